The Balaban J connectivity index is 1.32. The van der Waals surface area contributed by atoms with Gasteiger partial charge in [0, 0.05) is 19.6 Å². The predicted molar refractivity (Wildman–Crippen MR) is 95.1 cm³/mol. The number of nitrogens with one attached hydrogen (secondary N) is 1. The van der Waals surface area contributed by atoms with Gasteiger partial charge >= 0.3 is 6.03 Å². The molecule has 8 heteroatoms. The van der Waals surface area contributed by atoms with Gasteiger partial charge in [0.05, 0.1) is 5.69 Å². The van der Waals surface area contributed by atoms with Gasteiger partial charge < -0.3 is 19.7 Å². The number of anilines is 1. The second kappa shape index (κ2) is 7.14. The predicted octanol–water partition coefficient (Wildman–Crippen LogP) is 2.11. The maximum absolute atomic E-state index is 13.9. The largest absolute Gasteiger partial charge is 0.454 e. The summed E-state index contributed by atoms with van der Waals surface area (Å²) in [6.45, 7) is 1.14. The molecule has 140 valence electrons. The molecule has 1 fully saturated rings. The molecule has 0 bridgehead atoms. The number of carbonyl (C=O) groups excluding carboxylic acids is 2. The van der Waals surface area contributed by atoms with E-state index in [4.69, 9.17) is 9.47 Å². The molecule has 1 saturated heterocycles. The number of rotatable bonds is 5. The number of nitrogens with zero attached hydrogens (tertiary/aromatic N) is 2. The topological polar surface area (TPSA) is 71.1 Å². The first-order valence-electron chi connectivity index (χ1n) is 8.58. The molecule has 4 rings (SSSR count). The standard InChI is InChI=1S/C19H18FN3O4/c20-14-3-1-2-4-15(14)23-8-7-22(19(23)25)11-18(24)21-10-13-5-6-16-17(9-13)27-12-26-16/h1-6,9H,7-8,10-12H2,(H,21,24). The molecule has 2 aliphatic heterocycles. The van der Waals surface area contributed by atoms with E-state index in [-0.39, 0.29) is 31.0 Å². The highest BCUT2D eigenvalue weighted by Gasteiger charge is 2.32. The fraction of sp³-hybridized carbons (Fsp3) is 0.263. The summed E-state index contributed by atoms with van der Waals surface area (Å²) in [5.41, 5.74) is 1.10. The third-order valence-electron chi connectivity index (χ3n) is 4.50. The molecule has 7 nitrogen and oxygen atoms in total. The van der Waals surface area contributed by atoms with Gasteiger partial charge in [0.15, 0.2) is 11.5 Å². The van der Waals surface area contributed by atoms with Crippen molar-refractivity contribution in [2.75, 3.05) is 31.3 Å². The molecule has 0 radical (unpaired) electrons. The van der Waals surface area contributed by atoms with E-state index in [1.807, 2.05) is 12.1 Å². The average Bonchev–Trinajstić information content (AvgIpc) is 3.27. The molecule has 1 N–H and O–H groups in total. The van der Waals surface area contributed by atoms with Crippen LogP contribution in [-0.4, -0.2) is 43.3 Å². The van der Waals surface area contributed by atoms with Crippen LogP contribution in [0.3, 0.4) is 0 Å². The van der Waals surface area contributed by atoms with Crippen LogP contribution < -0.4 is 19.7 Å². The number of benzene rings is 2. The first kappa shape index (κ1) is 17.1. The lowest BCUT2D eigenvalue weighted by atomic mass is 10.2. The maximum atomic E-state index is 13.9. The van der Waals surface area contributed by atoms with Crippen molar-refractivity contribution in [3.05, 3.63) is 53.8 Å². The van der Waals surface area contributed by atoms with Crippen molar-refractivity contribution in [1.82, 2.24) is 10.2 Å². The van der Waals surface area contributed by atoms with E-state index in [1.165, 1.54) is 15.9 Å². The highest BCUT2D eigenvalue weighted by molar-refractivity contribution is 5.96. The van der Waals surface area contributed by atoms with Crippen LogP contribution in [0.4, 0.5) is 14.9 Å². The normalized spacial score (nSPS) is 15.4. The summed E-state index contributed by atoms with van der Waals surface area (Å²) < 4.78 is 24.5. The smallest absolute Gasteiger partial charge is 0.325 e. The molecule has 0 saturated carbocycles. The summed E-state index contributed by atoms with van der Waals surface area (Å²) in [5, 5.41) is 2.78. The fourth-order valence-electron chi connectivity index (χ4n) is 3.10. The van der Waals surface area contributed by atoms with E-state index in [1.54, 1.807) is 24.3 Å². The summed E-state index contributed by atoms with van der Waals surface area (Å²) in [6, 6.07) is 11.2. The van der Waals surface area contributed by atoms with E-state index >= 15 is 0 Å². The molecule has 2 aliphatic rings. The summed E-state index contributed by atoms with van der Waals surface area (Å²) >= 11 is 0. The van der Waals surface area contributed by atoms with Crippen LogP contribution in [0.5, 0.6) is 11.5 Å². The minimum absolute atomic E-state index is 0.0751. The lowest BCUT2D eigenvalue weighted by Gasteiger charge is -2.18. The number of hydrogen-bond acceptors (Lipinski definition) is 4. The Hall–Kier alpha value is -3.29. The van der Waals surface area contributed by atoms with Gasteiger partial charge in [-0.25, -0.2) is 9.18 Å². The molecule has 2 aromatic carbocycles. The first-order chi connectivity index (χ1) is 13.1. The average molecular weight is 371 g/mol. The van der Waals surface area contributed by atoms with Crippen molar-refractivity contribution in [2.45, 2.75) is 6.54 Å². The molecule has 0 unspecified atom stereocenters. The number of amides is 3. The molecule has 0 atom stereocenters. The number of hydrogen-bond donors (Lipinski definition) is 1. The monoisotopic (exact) mass is 371 g/mol. The third-order valence-corrected chi connectivity index (χ3v) is 4.50. The van der Waals surface area contributed by atoms with Crippen LogP contribution in [0.15, 0.2) is 42.5 Å². The minimum atomic E-state index is -0.458. The summed E-state index contributed by atoms with van der Waals surface area (Å²) in [5.74, 6) is 0.592. The quantitative estimate of drug-likeness (QED) is 0.874. The van der Waals surface area contributed by atoms with E-state index in [0.29, 0.717) is 31.1 Å². The van der Waals surface area contributed by atoms with Gasteiger partial charge in [-0.3, -0.25) is 9.69 Å². The van der Waals surface area contributed by atoms with Gasteiger partial charge in [0.25, 0.3) is 0 Å². The molecule has 3 amide bonds. The molecule has 0 aromatic heterocycles. The Morgan fingerprint density at radius 3 is 2.78 bits per heavy atom. The van der Waals surface area contributed by atoms with Gasteiger partial charge in [-0.15, -0.1) is 0 Å². The van der Waals surface area contributed by atoms with Crippen molar-refractivity contribution in [1.29, 1.82) is 0 Å². The number of para-hydroxylation sites is 1. The number of carbonyl (C=O) groups is 2. The third kappa shape index (κ3) is 3.51. The summed E-state index contributed by atoms with van der Waals surface area (Å²) in [4.78, 5) is 27.4. The van der Waals surface area contributed by atoms with Crippen LogP contribution >= 0.6 is 0 Å². The molecular weight excluding hydrogens is 353 g/mol. The van der Waals surface area contributed by atoms with Gasteiger partial charge in [-0.05, 0) is 29.8 Å². The van der Waals surface area contributed by atoms with Crippen LogP contribution in [0, 0.1) is 5.82 Å². The van der Waals surface area contributed by atoms with Crippen molar-refractivity contribution in [2.24, 2.45) is 0 Å². The maximum Gasteiger partial charge on any atom is 0.325 e. The Bertz CT molecular complexity index is 889. The van der Waals surface area contributed by atoms with Gasteiger partial charge in [-0.1, -0.05) is 18.2 Å². The SMILES string of the molecule is O=C(CN1CCN(c2ccccc2F)C1=O)NCc1ccc2c(c1)OCO2. The number of halogens is 1. The molecular formula is C19H18FN3O4. The highest BCUT2D eigenvalue weighted by atomic mass is 19.1. The molecule has 0 spiro atoms. The number of fused-ring (bicyclic) bond motifs is 1. The van der Waals surface area contributed by atoms with Crippen molar-refractivity contribution in [3.8, 4) is 11.5 Å². The lowest BCUT2D eigenvalue weighted by molar-refractivity contribution is -0.121. The Labute approximate surface area is 155 Å². The summed E-state index contributed by atoms with van der Waals surface area (Å²) in [7, 11) is 0. The molecule has 2 aromatic rings. The second-order valence-corrected chi connectivity index (χ2v) is 6.27. The molecule has 0 aliphatic carbocycles. The van der Waals surface area contributed by atoms with E-state index < -0.39 is 5.82 Å². The van der Waals surface area contributed by atoms with Gasteiger partial charge in [0.1, 0.15) is 12.4 Å². The van der Waals surface area contributed by atoms with Gasteiger partial charge in [-0.2, -0.15) is 0 Å². The molecule has 27 heavy (non-hydrogen) atoms. The Morgan fingerprint density at radius 1 is 1.11 bits per heavy atom. The van der Waals surface area contributed by atoms with Crippen molar-refractivity contribution in [3.63, 3.8) is 0 Å². The fourth-order valence-corrected chi connectivity index (χ4v) is 3.10. The Morgan fingerprint density at radius 2 is 1.93 bits per heavy atom. The molecule has 2 heterocycles. The lowest BCUT2D eigenvalue weighted by Crippen LogP contribution is -2.39. The van der Waals surface area contributed by atoms with Crippen molar-refractivity contribution < 1.29 is 23.5 Å². The van der Waals surface area contributed by atoms with Crippen LogP contribution in [0.2, 0.25) is 0 Å². The zero-order valence-corrected chi connectivity index (χ0v) is 14.5. The van der Waals surface area contributed by atoms with E-state index in [0.717, 1.165) is 5.56 Å². The van der Waals surface area contributed by atoms with Gasteiger partial charge in [0.2, 0.25) is 12.7 Å². The number of ether oxygens (including phenoxy) is 2. The van der Waals surface area contributed by atoms with Crippen LogP contribution in [0.25, 0.3) is 0 Å². The second-order valence-electron chi connectivity index (χ2n) is 6.27. The zero-order valence-electron chi connectivity index (χ0n) is 14.5. The zero-order chi connectivity index (χ0) is 18.8. The van der Waals surface area contributed by atoms with Crippen LogP contribution in [-0.2, 0) is 11.3 Å². The van der Waals surface area contributed by atoms with E-state index in [2.05, 4.69) is 5.32 Å². The first-order valence-corrected chi connectivity index (χ1v) is 8.58. The van der Waals surface area contributed by atoms with E-state index in [9.17, 15) is 14.0 Å². The highest BCUT2D eigenvalue weighted by Crippen LogP contribution is 2.32. The van der Waals surface area contributed by atoms with Crippen molar-refractivity contribution >= 4 is 17.6 Å². The number of urea groups is 1. The summed E-state index contributed by atoms with van der Waals surface area (Å²) in [6.07, 6.45) is 0. The minimum Gasteiger partial charge on any atom is -0.454 e. The van der Waals surface area contributed by atoms with Crippen LogP contribution in [0.1, 0.15) is 5.56 Å². The Kier molecular flexibility index (Phi) is 4.53.